The molecule has 0 bridgehead atoms. The Bertz CT molecular complexity index is 222. The lowest BCUT2D eigenvalue weighted by molar-refractivity contribution is 1.11. The van der Waals surface area contributed by atoms with Crippen LogP contribution in [0.2, 0.25) is 74.0 Å². The third-order valence-corrected chi connectivity index (χ3v) is 22.4. The number of hydrogen-bond acceptors (Lipinski definition) is 0. The lowest BCUT2D eigenvalue weighted by Gasteiger charge is -2.25. The van der Waals surface area contributed by atoms with E-state index in [0.29, 0.717) is 0 Å². The summed E-state index contributed by atoms with van der Waals surface area (Å²) in [6, 6.07) is 13.2. The minimum Gasteiger partial charge on any atom is -0.0694 e. The van der Waals surface area contributed by atoms with Crippen LogP contribution in [0.5, 0.6) is 0 Å². The van der Waals surface area contributed by atoms with Gasteiger partial charge in [0.05, 0.1) is 8.07 Å². The van der Waals surface area contributed by atoms with E-state index in [1.54, 1.807) is 0 Å². The van der Waals surface area contributed by atoms with E-state index < -0.39 is 24.2 Å². The van der Waals surface area contributed by atoms with Gasteiger partial charge < -0.3 is 0 Å². The van der Waals surface area contributed by atoms with Gasteiger partial charge in [0.25, 0.3) is 0 Å². The topological polar surface area (TPSA) is 0 Å². The molecule has 0 radical (unpaired) electrons. The van der Waals surface area contributed by atoms with Gasteiger partial charge in [0.15, 0.2) is 0 Å². The highest BCUT2D eigenvalue weighted by Gasteiger charge is 2.23. The molecule has 0 aliphatic carbocycles. The van der Waals surface area contributed by atoms with E-state index >= 15 is 0 Å². The molecule has 150 valence electrons. The predicted molar refractivity (Wildman–Crippen MR) is 129 cm³/mol. The van der Waals surface area contributed by atoms with Crippen molar-refractivity contribution in [2.75, 3.05) is 0 Å². The number of hydrogen-bond donors (Lipinski definition) is 0. The van der Waals surface area contributed by atoms with Crippen molar-refractivity contribution in [3.05, 3.63) is 0 Å². The molecule has 0 aromatic carbocycles. The van der Waals surface area contributed by atoms with Crippen LogP contribution in [0.1, 0.15) is 62.3 Å². The van der Waals surface area contributed by atoms with Gasteiger partial charge in [0, 0.05) is 16.1 Å². The van der Waals surface area contributed by atoms with Crippen LogP contribution < -0.4 is 0 Å². The maximum absolute atomic E-state index is 2.49. The molecule has 0 rings (SSSR count). The molecule has 0 N–H and O–H groups in total. The summed E-state index contributed by atoms with van der Waals surface area (Å²) in [5, 5.41) is 0. The van der Waals surface area contributed by atoms with Crippen LogP contribution in [0, 0.1) is 0 Å². The van der Waals surface area contributed by atoms with Gasteiger partial charge in [0.2, 0.25) is 0 Å². The summed E-state index contributed by atoms with van der Waals surface area (Å²) in [7, 11) is -2.01. The van der Waals surface area contributed by atoms with Crippen molar-refractivity contribution in [1.29, 1.82) is 0 Å². The van der Waals surface area contributed by atoms with Crippen molar-refractivity contribution < 1.29 is 0 Å². The second-order valence-corrected chi connectivity index (χ2v) is 26.0. The second-order valence-electron chi connectivity index (χ2n) is 8.66. The smallest absolute Gasteiger partial charge is 0.0524 e. The van der Waals surface area contributed by atoms with Gasteiger partial charge in [-0.05, 0) is 0 Å². The molecule has 0 amide bonds. The molecule has 0 heterocycles. The van der Waals surface area contributed by atoms with Crippen molar-refractivity contribution >= 4 is 24.2 Å². The summed E-state index contributed by atoms with van der Waals surface area (Å²) in [5.41, 5.74) is 0. The van der Waals surface area contributed by atoms with Crippen LogP contribution in [0.15, 0.2) is 0 Å². The van der Waals surface area contributed by atoms with Crippen LogP contribution in [-0.2, 0) is 0 Å². The van der Waals surface area contributed by atoms with Gasteiger partial charge in [-0.1, -0.05) is 136 Å². The summed E-state index contributed by atoms with van der Waals surface area (Å²) in [4.78, 5) is 0. The first-order chi connectivity index (χ1) is 11.0. The Morgan fingerprint density at radius 2 is 0.625 bits per heavy atom. The van der Waals surface area contributed by atoms with Crippen LogP contribution in [0.25, 0.3) is 0 Å². The van der Waals surface area contributed by atoms with Crippen LogP contribution in [0.3, 0.4) is 0 Å². The Morgan fingerprint density at radius 1 is 0.375 bits per heavy atom. The highest BCUT2D eigenvalue weighted by molar-refractivity contribution is 6.79. The van der Waals surface area contributed by atoms with E-state index in [4.69, 9.17) is 0 Å². The van der Waals surface area contributed by atoms with E-state index in [9.17, 15) is 0 Å². The van der Waals surface area contributed by atoms with Gasteiger partial charge in [-0.25, -0.2) is 0 Å². The minimum atomic E-state index is -0.691. The fraction of sp³-hybridized carbons (Fsp3) is 1.00. The summed E-state index contributed by atoms with van der Waals surface area (Å²) in [6.07, 6.45) is 0. The molecule has 0 aromatic heterocycles. The fourth-order valence-electron chi connectivity index (χ4n) is 2.50. The Morgan fingerprint density at radius 3 is 0.625 bits per heavy atom. The van der Waals surface area contributed by atoms with Crippen molar-refractivity contribution in [1.82, 2.24) is 0 Å². The predicted octanol–water partition coefficient (Wildman–Crippen LogP) is 9.37. The molecule has 0 saturated carbocycles. The Labute approximate surface area is 160 Å². The van der Waals surface area contributed by atoms with Crippen molar-refractivity contribution in [3.63, 3.8) is 0 Å². The van der Waals surface area contributed by atoms with Crippen molar-refractivity contribution in [2.24, 2.45) is 0 Å². The molecule has 0 fully saturated rings. The lowest BCUT2D eigenvalue weighted by atomic mass is 10.9. The Hall–Kier alpha value is 0.651. The SMILES string of the molecule is CC[Si](C)(C)CC.CC[Si](C)(CC)CC.CC[Si](CC)(CC)CC. The quantitative estimate of drug-likeness (QED) is 0.344. The molecular weight excluding hydrogens is 336 g/mol. The van der Waals surface area contributed by atoms with Crippen LogP contribution in [0.4, 0.5) is 0 Å². The second kappa shape index (κ2) is 15.9. The van der Waals surface area contributed by atoms with E-state index in [1.807, 2.05) is 0 Å². The fourth-order valence-corrected chi connectivity index (χ4v) is 7.50. The third kappa shape index (κ3) is 13.9. The first-order valence-corrected chi connectivity index (χ1v) is 20.4. The lowest BCUT2D eigenvalue weighted by Crippen LogP contribution is -2.29. The average molecular weight is 391 g/mol. The molecule has 3 heteroatoms. The molecule has 0 aliphatic heterocycles. The number of rotatable bonds is 9. The molecule has 0 spiro atoms. The minimum absolute atomic E-state index is 0.651. The first-order valence-electron chi connectivity index (χ1n) is 11.0. The van der Waals surface area contributed by atoms with Crippen molar-refractivity contribution in [2.45, 2.75) is 136 Å². The zero-order valence-corrected chi connectivity index (χ0v) is 22.9. The van der Waals surface area contributed by atoms with Crippen LogP contribution in [-0.4, -0.2) is 24.2 Å². The van der Waals surface area contributed by atoms with Gasteiger partial charge in [0.1, 0.15) is 0 Å². The molecule has 0 nitrogen and oxygen atoms in total. The Balaban J connectivity index is -0.000000278. The normalized spacial score (nSPS) is 12.0. The zero-order chi connectivity index (χ0) is 19.9. The highest BCUT2D eigenvalue weighted by Crippen LogP contribution is 2.23. The molecule has 0 saturated heterocycles. The van der Waals surface area contributed by atoms with Gasteiger partial charge in [-0.3, -0.25) is 0 Å². The largest absolute Gasteiger partial charge is 0.0694 e. The molecule has 0 atom stereocenters. The highest BCUT2D eigenvalue weighted by atomic mass is 28.3. The maximum atomic E-state index is 2.49. The standard InChI is InChI=1S/C8H20Si.C7H18Si.C6H16Si/c1-5-9(6-2,7-3)8-4;1-5-8(4,6-2)7-3;1-5-7(3,4)6-2/h5-8H2,1-4H3;5-7H2,1-4H3;5-6H2,1-4H3. The molecule has 0 unspecified atom stereocenters. The van der Waals surface area contributed by atoms with E-state index in [2.05, 4.69) is 82.0 Å². The van der Waals surface area contributed by atoms with E-state index in [1.165, 1.54) is 54.4 Å². The molecule has 24 heavy (non-hydrogen) atoms. The summed E-state index contributed by atoms with van der Waals surface area (Å²) >= 11 is 0. The monoisotopic (exact) mass is 390 g/mol. The van der Waals surface area contributed by atoms with E-state index in [-0.39, 0.29) is 0 Å². The maximum Gasteiger partial charge on any atom is 0.0524 e. The van der Waals surface area contributed by atoms with Gasteiger partial charge in [-0.2, -0.15) is 0 Å². The van der Waals surface area contributed by atoms with E-state index in [0.717, 1.165) is 0 Å². The first kappa shape index (κ1) is 29.4. The average Bonchev–Trinajstić information content (AvgIpc) is 2.64. The Kier molecular flexibility index (Phi) is 19.5. The van der Waals surface area contributed by atoms with Crippen LogP contribution >= 0.6 is 0 Å². The summed E-state index contributed by atoms with van der Waals surface area (Å²) < 4.78 is 0. The molecular formula is C21H54Si3. The molecule has 0 aliphatic rings. The summed E-state index contributed by atoms with van der Waals surface area (Å²) in [6.45, 7) is 28.4. The summed E-state index contributed by atoms with van der Waals surface area (Å²) in [5.74, 6) is 0. The van der Waals surface area contributed by atoms with Gasteiger partial charge >= 0.3 is 0 Å². The van der Waals surface area contributed by atoms with Gasteiger partial charge in [-0.15, -0.1) is 0 Å². The molecule has 0 aromatic rings. The zero-order valence-electron chi connectivity index (χ0n) is 19.9. The third-order valence-electron chi connectivity index (χ3n) is 7.47. The van der Waals surface area contributed by atoms with Crippen molar-refractivity contribution in [3.8, 4) is 0 Å².